The Kier molecular flexibility index (Phi) is 6.54. The number of rotatable bonds is 2. The first-order chi connectivity index (χ1) is 4.42. The monoisotopic (exact) mass is 150 g/mol. The zero-order valence-corrected chi connectivity index (χ0v) is 6.46. The van der Waals surface area contributed by atoms with Crippen molar-refractivity contribution < 1.29 is 20.4 Å². The summed E-state index contributed by atoms with van der Waals surface area (Å²) in [6, 6.07) is 0. The van der Waals surface area contributed by atoms with E-state index in [4.69, 9.17) is 15.6 Å². The second-order valence-electron chi connectivity index (χ2n) is 2.69. The molecule has 4 heteroatoms. The summed E-state index contributed by atoms with van der Waals surface area (Å²) < 4.78 is 0. The fourth-order valence-electron chi connectivity index (χ4n) is 0.609. The highest BCUT2D eigenvalue weighted by Gasteiger charge is 2.13. The van der Waals surface area contributed by atoms with Crippen LogP contribution >= 0.6 is 0 Å². The van der Waals surface area contributed by atoms with Crippen LogP contribution < -0.4 is 0 Å². The Balaban J connectivity index is 0. The van der Waals surface area contributed by atoms with Crippen LogP contribution in [-0.2, 0) is 4.79 Å². The standard InChI is InChI=1S/C6H12O2.H2O2/c1-5(7)4-6(2,3)8;1-2/h8H,4H2,1-3H3;1-2H. The lowest BCUT2D eigenvalue weighted by Crippen LogP contribution is -2.21. The van der Waals surface area contributed by atoms with Crippen molar-refractivity contribution in [3.8, 4) is 0 Å². The third-order valence-corrected chi connectivity index (χ3v) is 0.682. The summed E-state index contributed by atoms with van der Waals surface area (Å²) in [5.74, 6) is 0.0255. The Labute approximate surface area is 60.0 Å². The minimum absolute atomic E-state index is 0.0255. The lowest BCUT2D eigenvalue weighted by molar-refractivity contribution is -0.176. The maximum absolute atomic E-state index is 10.3. The highest BCUT2D eigenvalue weighted by atomic mass is 17.0. The fourth-order valence-corrected chi connectivity index (χ4v) is 0.609. The van der Waals surface area contributed by atoms with Gasteiger partial charge in [-0.15, -0.1) is 0 Å². The molecule has 0 heterocycles. The third kappa shape index (κ3) is 15.6. The van der Waals surface area contributed by atoms with Crippen LogP contribution in [0.25, 0.3) is 0 Å². The van der Waals surface area contributed by atoms with Crippen LogP contribution in [-0.4, -0.2) is 27.0 Å². The van der Waals surface area contributed by atoms with E-state index in [2.05, 4.69) is 0 Å². The van der Waals surface area contributed by atoms with Crippen LogP contribution in [0.2, 0.25) is 0 Å². The van der Waals surface area contributed by atoms with E-state index in [1.54, 1.807) is 13.8 Å². The normalized spacial score (nSPS) is 9.80. The molecule has 0 amide bonds. The molecule has 0 spiro atoms. The summed E-state index contributed by atoms with van der Waals surface area (Å²) >= 11 is 0. The number of aliphatic hydroxyl groups is 1. The highest BCUT2D eigenvalue weighted by molar-refractivity contribution is 5.76. The number of carbonyl (C=O) groups excluding carboxylic acids is 1. The Bertz CT molecular complexity index is 92.4. The maximum Gasteiger partial charge on any atom is 0.132 e. The second-order valence-corrected chi connectivity index (χ2v) is 2.69. The summed E-state index contributed by atoms with van der Waals surface area (Å²) in [4.78, 5) is 10.3. The van der Waals surface area contributed by atoms with Gasteiger partial charge in [0, 0.05) is 6.42 Å². The van der Waals surface area contributed by atoms with Crippen molar-refractivity contribution in [2.75, 3.05) is 0 Å². The van der Waals surface area contributed by atoms with Crippen molar-refractivity contribution in [1.82, 2.24) is 0 Å². The maximum atomic E-state index is 10.3. The van der Waals surface area contributed by atoms with Gasteiger partial charge in [-0.1, -0.05) is 0 Å². The van der Waals surface area contributed by atoms with Gasteiger partial charge in [-0.2, -0.15) is 0 Å². The van der Waals surface area contributed by atoms with E-state index in [-0.39, 0.29) is 12.2 Å². The Morgan fingerprint density at radius 1 is 1.40 bits per heavy atom. The molecule has 0 atom stereocenters. The molecule has 0 radical (unpaired) electrons. The molecular weight excluding hydrogens is 136 g/mol. The summed E-state index contributed by atoms with van der Waals surface area (Å²) in [5.41, 5.74) is -0.828. The van der Waals surface area contributed by atoms with E-state index >= 15 is 0 Å². The molecule has 3 N–H and O–H groups in total. The second kappa shape index (κ2) is 5.34. The van der Waals surface area contributed by atoms with Gasteiger partial charge in [-0.3, -0.25) is 15.3 Å². The Hall–Kier alpha value is -0.450. The van der Waals surface area contributed by atoms with E-state index in [1.807, 2.05) is 0 Å². The minimum atomic E-state index is -0.828. The van der Waals surface area contributed by atoms with Crippen molar-refractivity contribution >= 4 is 5.78 Å². The number of hydrogen-bond acceptors (Lipinski definition) is 4. The van der Waals surface area contributed by atoms with Crippen LogP contribution in [0, 0.1) is 0 Å². The molecule has 0 bridgehead atoms. The minimum Gasteiger partial charge on any atom is -0.390 e. The van der Waals surface area contributed by atoms with Gasteiger partial charge in [0.1, 0.15) is 5.78 Å². The molecule has 0 aliphatic carbocycles. The van der Waals surface area contributed by atoms with Crippen LogP contribution in [0.1, 0.15) is 27.2 Å². The van der Waals surface area contributed by atoms with Crippen LogP contribution in [0.15, 0.2) is 0 Å². The molecule has 0 saturated carbocycles. The van der Waals surface area contributed by atoms with Gasteiger partial charge in [0.2, 0.25) is 0 Å². The van der Waals surface area contributed by atoms with E-state index in [1.165, 1.54) is 6.92 Å². The lowest BCUT2D eigenvalue weighted by atomic mass is 10.0. The lowest BCUT2D eigenvalue weighted by Gasteiger charge is -2.13. The first-order valence-electron chi connectivity index (χ1n) is 2.83. The molecule has 4 nitrogen and oxygen atoms in total. The first kappa shape index (κ1) is 12.2. The molecule has 0 aromatic rings. The zero-order valence-electron chi connectivity index (χ0n) is 6.46. The molecule has 62 valence electrons. The van der Waals surface area contributed by atoms with Crippen LogP contribution in [0.4, 0.5) is 0 Å². The van der Waals surface area contributed by atoms with Gasteiger partial charge in [-0.25, -0.2) is 0 Å². The molecule has 0 fully saturated rings. The van der Waals surface area contributed by atoms with Gasteiger partial charge in [0.05, 0.1) is 5.60 Å². The zero-order chi connectivity index (χ0) is 8.78. The molecule has 0 aromatic carbocycles. The number of ketones is 1. The largest absolute Gasteiger partial charge is 0.390 e. The molecule has 0 aliphatic rings. The summed E-state index contributed by atoms with van der Waals surface area (Å²) in [6.45, 7) is 4.71. The molecule has 0 rings (SSSR count). The molecular formula is C6H14O4. The molecule has 0 unspecified atom stereocenters. The molecule has 0 aliphatic heterocycles. The molecule has 0 aromatic heterocycles. The Morgan fingerprint density at radius 3 is 1.70 bits per heavy atom. The fraction of sp³-hybridized carbons (Fsp3) is 0.833. The van der Waals surface area contributed by atoms with Gasteiger partial charge in [0.15, 0.2) is 0 Å². The van der Waals surface area contributed by atoms with Crippen molar-refractivity contribution in [2.24, 2.45) is 0 Å². The van der Waals surface area contributed by atoms with E-state index in [0.29, 0.717) is 0 Å². The van der Waals surface area contributed by atoms with Gasteiger partial charge in [0.25, 0.3) is 0 Å². The van der Waals surface area contributed by atoms with Crippen molar-refractivity contribution in [1.29, 1.82) is 0 Å². The van der Waals surface area contributed by atoms with Crippen LogP contribution in [0.5, 0.6) is 0 Å². The molecule has 10 heavy (non-hydrogen) atoms. The van der Waals surface area contributed by atoms with Gasteiger partial charge >= 0.3 is 0 Å². The number of hydrogen-bond donors (Lipinski definition) is 3. The van der Waals surface area contributed by atoms with Crippen molar-refractivity contribution in [3.05, 3.63) is 0 Å². The van der Waals surface area contributed by atoms with E-state index in [0.717, 1.165) is 0 Å². The van der Waals surface area contributed by atoms with Crippen molar-refractivity contribution in [2.45, 2.75) is 32.8 Å². The summed E-state index contributed by atoms with van der Waals surface area (Å²) in [5, 5.41) is 21.0. The van der Waals surface area contributed by atoms with Gasteiger partial charge in [-0.05, 0) is 20.8 Å². The van der Waals surface area contributed by atoms with Crippen molar-refractivity contribution in [3.63, 3.8) is 0 Å². The topological polar surface area (TPSA) is 77.8 Å². The average molecular weight is 150 g/mol. The number of Topliss-reactive ketones (excluding diaryl/α,β-unsaturated/α-hetero) is 1. The predicted octanol–water partition coefficient (Wildman–Crippen LogP) is 0.754. The smallest absolute Gasteiger partial charge is 0.132 e. The molecule has 0 saturated heterocycles. The highest BCUT2D eigenvalue weighted by Crippen LogP contribution is 2.06. The average Bonchev–Trinajstić information content (AvgIpc) is 1.64. The predicted molar refractivity (Wildman–Crippen MR) is 36.9 cm³/mol. The third-order valence-electron chi connectivity index (χ3n) is 0.682. The summed E-state index contributed by atoms with van der Waals surface area (Å²) in [6.07, 6.45) is 0.243. The van der Waals surface area contributed by atoms with Gasteiger partial charge < -0.3 is 5.11 Å². The quantitative estimate of drug-likeness (QED) is 0.401. The Morgan fingerprint density at radius 2 is 1.70 bits per heavy atom. The SMILES string of the molecule is CC(=O)CC(C)(C)O.OO. The summed E-state index contributed by atoms with van der Waals surface area (Å²) in [7, 11) is 0. The van der Waals surface area contributed by atoms with Crippen LogP contribution in [0.3, 0.4) is 0 Å². The number of carbonyl (C=O) groups is 1. The van der Waals surface area contributed by atoms with E-state index < -0.39 is 5.60 Å². The first-order valence-corrected chi connectivity index (χ1v) is 2.83. The van der Waals surface area contributed by atoms with E-state index in [9.17, 15) is 4.79 Å².